The van der Waals surface area contributed by atoms with E-state index in [4.69, 9.17) is 46.7 Å². The predicted octanol–water partition coefficient (Wildman–Crippen LogP) is 7.13. The van der Waals surface area contributed by atoms with Crippen LogP contribution in [0.15, 0.2) is 63.4 Å². The van der Waals surface area contributed by atoms with Gasteiger partial charge in [-0.25, -0.2) is 4.98 Å². The van der Waals surface area contributed by atoms with Crippen LogP contribution >= 0.6 is 23.2 Å². The number of oxazole rings is 2. The fourth-order valence-corrected chi connectivity index (χ4v) is 9.23. The molecule has 2 amide bonds. The normalized spacial score (nSPS) is 22.1. The second-order valence-corrected chi connectivity index (χ2v) is 16.2. The van der Waals surface area contributed by atoms with Crippen molar-refractivity contribution >= 4 is 51.6 Å². The predicted molar refractivity (Wildman–Crippen MR) is 206 cm³/mol. The van der Waals surface area contributed by atoms with Crippen molar-refractivity contribution < 1.29 is 28.3 Å². The first-order valence-electron chi connectivity index (χ1n) is 18.3. The molecule has 0 aliphatic carbocycles. The minimum absolute atomic E-state index is 0.0980. The van der Waals surface area contributed by atoms with Crippen LogP contribution in [0.2, 0.25) is 10.3 Å². The topological polar surface area (TPSA) is 157 Å². The Balaban J connectivity index is 1.30. The van der Waals surface area contributed by atoms with E-state index in [9.17, 15) is 14.7 Å². The molecule has 10 bridgehead atoms. The molecule has 0 radical (unpaired) electrons. The van der Waals surface area contributed by atoms with Gasteiger partial charge in [0.05, 0.1) is 11.1 Å². The van der Waals surface area contributed by atoms with Gasteiger partial charge in [0.25, 0.3) is 5.89 Å². The van der Waals surface area contributed by atoms with Crippen LogP contribution in [0.5, 0.6) is 5.75 Å². The van der Waals surface area contributed by atoms with Crippen molar-refractivity contribution in [2.45, 2.75) is 63.9 Å². The summed E-state index contributed by atoms with van der Waals surface area (Å²) < 4.78 is 22.4. The largest absolute Gasteiger partial charge is 0.469 e. The second kappa shape index (κ2) is 11.8. The van der Waals surface area contributed by atoms with E-state index in [-0.39, 0.29) is 46.6 Å². The van der Waals surface area contributed by atoms with Gasteiger partial charge >= 0.3 is 0 Å². The highest BCUT2D eigenvalue weighted by Gasteiger charge is 2.62. The number of amides is 2. The fourth-order valence-electron chi connectivity index (χ4n) is 8.75. The molecule has 4 N–H and O–H groups in total. The number of aliphatic hydroxyl groups excluding tert-OH is 1. The molecule has 280 valence electrons. The van der Waals surface area contributed by atoms with Gasteiger partial charge in [-0.05, 0) is 35.1 Å². The van der Waals surface area contributed by atoms with Crippen LogP contribution in [0.4, 0.5) is 5.69 Å². The van der Waals surface area contributed by atoms with Crippen LogP contribution in [0.3, 0.4) is 0 Å². The molecule has 55 heavy (non-hydrogen) atoms. The molecule has 3 aromatic heterocycles. The van der Waals surface area contributed by atoms with Gasteiger partial charge in [0.1, 0.15) is 34.5 Å². The first kappa shape index (κ1) is 34.2. The third-order valence-corrected chi connectivity index (χ3v) is 12.2. The number of rotatable bonds is 4. The number of carbonyl (C=O) groups excluding carboxylic acids is 2. The Labute approximate surface area is 325 Å². The van der Waals surface area contributed by atoms with E-state index in [0.717, 1.165) is 44.4 Å². The lowest BCUT2D eigenvalue weighted by Crippen LogP contribution is -2.52. The van der Waals surface area contributed by atoms with Crippen LogP contribution in [-0.4, -0.2) is 49.8 Å². The quantitative estimate of drug-likeness (QED) is 0.146. The number of aromatic nitrogens is 3. The average molecular weight is 780 g/mol. The van der Waals surface area contributed by atoms with Crippen LogP contribution in [0.25, 0.3) is 44.9 Å². The first-order valence-corrected chi connectivity index (χ1v) is 19.1. The van der Waals surface area contributed by atoms with Crippen molar-refractivity contribution in [2.24, 2.45) is 18.9 Å². The highest BCUT2D eigenvalue weighted by Crippen LogP contribution is 2.62. The van der Waals surface area contributed by atoms with Crippen LogP contribution in [0, 0.1) is 11.8 Å². The number of hydrogen-bond donors (Lipinski definition) is 4. The molecule has 6 aromatic rings. The smallest absolute Gasteiger partial charge is 0.250 e. The minimum Gasteiger partial charge on any atom is -0.469 e. The van der Waals surface area contributed by atoms with E-state index in [1.165, 1.54) is 0 Å². The third-order valence-electron chi connectivity index (χ3n) is 11.5. The lowest BCUT2D eigenvalue weighted by Gasteiger charge is -2.29. The zero-order valence-corrected chi connectivity index (χ0v) is 32.0. The van der Waals surface area contributed by atoms with Gasteiger partial charge < -0.3 is 39.2 Å². The Morgan fingerprint density at radius 1 is 1.02 bits per heavy atom. The number of carbonyl (C=O) groups is 2. The summed E-state index contributed by atoms with van der Waals surface area (Å²) in [4.78, 5) is 37.3. The average Bonchev–Trinajstić information content (AvgIpc) is 3.95. The van der Waals surface area contributed by atoms with Gasteiger partial charge in [0.2, 0.25) is 17.7 Å². The molecule has 4 aliphatic heterocycles. The number of para-hydroxylation sites is 1. The molecule has 0 fully saturated rings. The Morgan fingerprint density at radius 2 is 1.80 bits per heavy atom. The number of benzene rings is 3. The van der Waals surface area contributed by atoms with E-state index in [1.807, 2.05) is 61.9 Å². The van der Waals surface area contributed by atoms with Gasteiger partial charge in [0.15, 0.2) is 28.6 Å². The molecular formula is C41H36Cl2N6O6. The SMILES string of the molecule is CC(C)C(O)C(=O)NC1Cc2ccc3c(c2)C24c5cccc(c5NC2O3)-c2cccc3c2c(c(Cl)n3C)-c2oc(nc2Cl)-c2nc(oc24)C(C(C)C)NC1=O. The molecule has 4 aliphatic rings. The summed E-state index contributed by atoms with van der Waals surface area (Å²) in [5.74, 6) is -0.0616. The summed E-state index contributed by atoms with van der Waals surface area (Å²) in [7, 11) is 1.89. The van der Waals surface area contributed by atoms with Crippen molar-refractivity contribution in [1.29, 1.82) is 0 Å². The summed E-state index contributed by atoms with van der Waals surface area (Å²) in [5.41, 5.74) is 5.66. The fraction of sp³-hybridized carbons (Fsp3) is 0.317. The number of nitrogens with zero attached hydrogens (tertiary/aromatic N) is 3. The van der Waals surface area contributed by atoms with Gasteiger partial charge in [-0.1, -0.05) is 93.4 Å². The second-order valence-electron chi connectivity index (χ2n) is 15.5. The van der Waals surface area contributed by atoms with Crippen LogP contribution < -0.4 is 20.7 Å². The lowest BCUT2D eigenvalue weighted by atomic mass is 9.72. The van der Waals surface area contributed by atoms with Gasteiger partial charge in [0, 0.05) is 41.2 Å². The van der Waals surface area contributed by atoms with Crippen molar-refractivity contribution in [3.63, 3.8) is 0 Å². The molecule has 3 aromatic carbocycles. The van der Waals surface area contributed by atoms with Crippen molar-refractivity contribution in [2.75, 3.05) is 5.32 Å². The summed E-state index contributed by atoms with van der Waals surface area (Å²) in [6.45, 7) is 7.37. The summed E-state index contributed by atoms with van der Waals surface area (Å²) in [5, 5.41) is 21.7. The Morgan fingerprint density at radius 3 is 2.58 bits per heavy atom. The summed E-state index contributed by atoms with van der Waals surface area (Å²) in [6, 6.07) is 16.2. The molecule has 5 unspecified atom stereocenters. The van der Waals surface area contributed by atoms with Crippen molar-refractivity contribution in [3.05, 3.63) is 93.2 Å². The maximum Gasteiger partial charge on any atom is 0.250 e. The van der Waals surface area contributed by atoms with E-state index < -0.39 is 41.6 Å². The first-order chi connectivity index (χ1) is 26.4. The maximum absolute atomic E-state index is 14.2. The van der Waals surface area contributed by atoms with E-state index in [0.29, 0.717) is 22.2 Å². The Kier molecular flexibility index (Phi) is 7.37. The van der Waals surface area contributed by atoms with Gasteiger partial charge in [-0.3, -0.25) is 9.59 Å². The molecule has 7 heterocycles. The third kappa shape index (κ3) is 4.62. The molecule has 0 saturated heterocycles. The Hall–Kier alpha value is -5.30. The monoisotopic (exact) mass is 778 g/mol. The van der Waals surface area contributed by atoms with E-state index in [2.05, 4.69) is 34.1 Å². The number of hydrogen-bond acceptors (Lipinski definition) is 9. The number of nitrogens with one attached hydrogen (secondary N) is 3. The number of aryl methyl sites for hydroxylation is 1. The molecule has 5 atom stereocenters. The molecule has 1 spiro atoms. The summed E-state index contributed by atoms with van der Waals surface area (Å²) in [6.07, 6.45) is -1.87. The van der Waals surface area contributed by atoms with Crippen LogP contribution in [-0.2, 0) is 28.5 Å². The molecule has 10 rings (SSSR count). The molecular weight excluding hydrogens is 743 g/mol. The number of halogens is 2. The molecule has 12 nitrogen and oxygen atoms in total. The van der Waals surface area contributed by atoms with E-state index in [1.54, 1.807) is 13.8 Å². The zero-order chi connectivity index (χ0) is 38.2. The standard InChI is InChI=1S/C41H36Cl2N6O6/c1-16(2)28-38-46-30-33(55-38)41-21-10-6-9-20(19-8-7-11-24-26(19)27(35(43)49(24)5)32-34(42)48-39(30)54-32)29(21)47-40(41)53-25-13-12-18(14-22(25)41)15-23(36(51)45-28)44-37(52)31(50)17(3)4/h6-14,16-17,23,28,31,40,47,50H,15H2,1-5H3,(H,44,52)(H,45,51). The number of aliphatic hydroxyl groups is 1. The highest BCUT2D eigenvalue weighted by atomic mass is 35.5. The van der Waals surface area contributed by atoms with Gasteiger partial charge in [-0.2, -0.15) is 4.98 Å². The zero-order valence-electron chi connectivity index (χ0n) is 30.5. The minimum atomic E-state index is -1.30. The number of anilines is 1. The van der Waals surface area contributed by atoms with Crippen molar-refractivity contribution in [1.82, 2.24) is 25.2 Å². The van der Waals surface area contributed by atoms with Gasteiger partial charge in [-0.15, -0.1) is 0 Å². The maximum atomic E-state index is 14.2. The molecule has 14 heteroatoms. The Bertz CT molecular complexity index is 2640. The summed E-state index contributed by atoms with van der Waals surface area (Å²) >= 11 is 14.1. The van der Waals surface area contributed by atoms with Crippen LogP contribution in [0.1, 0.15) is 62.1 Å². The lowest BCUT2D eigenvalue weighted by molar-refractivity contribution is -0.135. The van der Waals surface area contributed by atoms with E-state index >= 15 is 0 Å². The van der Waals surface area contributed by atoms with Crippen molar-refractivity contribution in [3.8, 4) is 39.8 Å². The molecule has 0 saturated carbocycles. The highest BCUT2D eigenvalue weighted by molar-refractivity contribution is 6.38. The number of fused-ring (bicyclic) bond motifs is 7. The number of ether oxygens (including phenoxy) is 1.